The normalized spacial score (nSPS) is 14.7. The Balaban J connectivity index is 1.68. The summed E-state index contributed by atoms with van der Waals surface area (Å²) in [6, 6.07) is 0.370. The van der Waals surface area contributed by atoms with Crippen molar-refractivity contribution in [1.82, 2.24) is 20.2 Å². The molecule has 22 heavy (non-hydrogen) atoms. The molecule has 0 unspecified atom stereocenters. The lowest BCUT2D eigenvalue weighted by Crippen LogP contribution is -2.39. The molecule has 0 atom stereocenters. The van der Waals surface area contributed by atoms with Gasteiger partial charge in [0.2, 0.25) is 0 Å². The molecule has 2 rings (SSSR count). The Morgan fingerprint density at radius 2 is 2.18 bits per heavy atom. The first-order chi connectivity index (χ1) is 10.5. The minimum atomic E-state index is -0.436. The van der Waals surface area contributed by atoms with E-state index in [0.29, 0.717) is 12.6 Å². The summed E-state index contributed by atoms with van der Waals surface area (Å²) in [7, 11) is 0. The minimum absolute atomic E-state index is 0.191. The molecule has 1 saturated carbocycles. The van der Waals surface area contributed by atoms with Crippen molar-refractivity contribution in [2.24, 2.45) is 0 Å². The second-order valence-electron chi connectivity index (χ2n) is 6.63. The number of hydrogen-bond acceptors (Lipinski definition) is 5. The molecule has 0 aliphatic heterocycles. The van der Waals surface area contributed by atoms with Gasteiger partial charge in [0, 0.05) is 37.7 Å². The highest BCUT2D eigenvalue weighted by Crippen LogP contribution is 2.28. The predicted molar refractivity (Wildman–Crippen MR) is 84.3 cm³/mol. The monoisotopic (exact) mass is 306 g/mol. The van der Waals surface area contributed by atoms with Crippen LogP contribution in [0.4, 0.5) is 4.79 Å². The smallest absolute Gasteiger partial charge is 0.410 e. The van der Waals surface area contributed by atoms with Crippen molar-refractivity contribution in [3.63, 3.8) is 0 Å². The fraction of sp³-hybridized carbons (Fsp3) is 0.688. The zero-order valence-electron chi connectivity index (χ0n) is 13.7. The van der Waals surface area contributed by atoms with Gasteiger partial charge in [0.05, 0.1) is 5.69 Å². The summed E-state index contributed by atoms with van der Waals surface area (Å²) in [6.45, 7) is 7.97. The van der Waals surface area contributed by atoms with Crippen LogP contribution < -0.4 is 5.32 Å². The number of nitrogens with zero attached hydrogens (tertiary/aromatic N) is 3. The molecule has 122 valence electrons. The molecule has 1 N–H and O–H groups in total. The lowest BCUT2D eigenvalue weighted by atomic mass is 10.2. The summed E-state index contributed by atoms with van der Waals surface area (Å²) in [4.78, 5) is 22.3. The molecule has 0 bridgehead atoms. The van der Waals surface area contributed by atoms with E-state index in [0.717, 1.165) is 38.0 Å². The van der Waals surface area contributed by atoms with Crippen LogP contribution in [0.3, 0.4) is 0 Å². The van der Waals surface area contributed by atoms with Crippen LogP contribution in [0, 0.1) is 0 Å². The number of nitrogens with one attached hydrogen (secondary N) is 1. The van der Waals surface area contributed by atoms with Gasteiger partial charge in [0.1, 0.15) is 5.60 Å². The van der Waals surface area contributed by atoms with E-state index in [1.54, 1.807) is 18.6 Å². The van der Waals surface area contributed by atoms with E-state index in [-0.39, 0.29) is 6.09 Å². The van der Waals surface area contributed by atoms with Gasteiger partial charge in [0.25, 0.3) is 0 Å². The molecular formula is C16H26N4O2. The Hall–Kier alpha value is -1.69. The fourth-order valence-corrected chi connectivity index (χ4v) is 2.14. The van der Waals surface area contributed by atoms with Crippen LogP contribution >= 0.6 is 0 Å². The molecule has 1 aliphatic carbocycles. The quantitative estimate of drug-likeness (QED) is 0.783. The number of hydrogen-bond donors (Lipinski definition) is 1. The summed E-state index contributed by atoms with van der Waals surface area (Å²) in [5, 5.41) is 3.32. The van der Waals surface area contributed by atoms with Gasteiger partial charge in [-0.05, 0) is 46.6 Å². The molecule has 0 aromatic carbocycles. The highest BCUT2D eigenvalue weighted by molar-refractivity contribution is 5.69. The molecule has 0 radical (unpaired) electrons. The van der Waals surface area contributed by atoms with Crippen LogP contribution in [0.5, 0.6) is 0 Å². The average Bonchev–Trinajstić information content (AvgIpc) is 3.26. The molecular weight excluding hydrogens is 280 g/mol. The SMILES string of the molecule is CC(C)(C)OC(=O)N(CCCNCc1cnccn1)C1CC1. The molecule has 1 aliphatic rings. The Labute approximate surface area is 132 Å². The van der Waals surface area contributed by atoms with Gasteiger partial charge >= 0.3 is 6.09 Å². The Bertz CT molecular complexity index is 469. The summed E-state index contributed by atoms with van der Waals surface area (Å²) < 4.78 is 5.48. The maximum Gasteiger partial charge on any atom is 0.410 e. The summed E-state index contributed by atoms with van der Waals surface area (Å²) >= 11 is 0. The van der Waals surface area contributed by atoms with E-state index in [1.807, 2.05) is 25.7 Å². The average molecular weight is 306 g/mol. The largest absolute Gasteiger partial charge is 0.444 e. The number of aromatic nitrogens is 2. The molecule has 1 amide bonds. The van der Waals surface area contributed by atoms with Gasteiger partial charge < -0.3 is 15.0 Å². The minimum Gasteiger partial charge on any atom is -0.444 e. The molecule has 1 fully saturated rings. The van der Waals surface area contributed by atoms with Crippen LogP contribution in [0.25, 0.3) is 0 Å². The zero-order chi connectivity index (χ0) is 16.0. The zero-order valence-corrected chi connectivity index (χ0v) is 13.7. The lowest BCUT2D eigenvalue weighted by molar-refractivity contribution is 0.0232. The van der Waals surface area contributed by atoms with Crippen molar-refractivity contribution in [2.75, 3.05) is 13.1 Å². The van der Waals surface area contributed by atoms with Gasteiger partial charge in [-0.1, -0.05) is 0 Å². The van der Waals surface area contributed by atoms with Crippen LogP contribution in [0.15, 0.2) is 18.6 Å². The first-order valence-corrected chi connectivity index (χ1v) is 7.91. The van der Waals surface area contributed by atoms with E-state index < -0.39 is 5.60 Å². The Kier molecular flexibility index (Phi) is 5.71. The number of amides is 1. The maximum atomic E-state index is 12.2. The third-order valence-corrected chi connectivity index (χ3v) is 3.29. The highest BCUT2D eigenvalue weighted by atomic mass is 16.6. The van der Waals surface area contributed by atoms with Crippen molar-refractivity contribution in [2.45, 2.75) is 58.2 Å². The second kappa shape index (κ2) is 7.54. The van der Waals surface area contributed by atoms with Crippen molar-refractivity contribution in [1.29, 1.82) is 0 Å². The predicted octanol–water partition coefficient (Wildman–Crippen LogP) is 2.36. The number of carbonyl (C=O) groups excluding carboxylic acids is 1. The van der Waals surface area contributed by atoms with Crippen molar-refractivity contribution >= 4 is 6.09 Å². The maximum absolute atomic E-state index is 12.2. The summed E-state index contributed by atoms with van der Waals surface area (Å²) in [6.07, 6.45) is 7.99. The van der Waals surface area contributed by atoms with E-state index >= 15 is 0 Å². The van der Waals surface area contributed by atoms with Gasteiger partial charge in [0.15, 0.2) is 0 Å². The number of ether oxygens (including phenoxy) is 1. The fourth-order valence-electron chi connectivity index (χ4n) is 2.14. The number of carbonyl (C=O) groups is 1. The highest BCUT2D eigenvalue weighted by Gasteiger charge is 2.34. The third-order valence-electron chi connectivity index (χ3n) is 3.29. The topological polar surface area (TPSA) is 67.3 Å². The third kappa shape index (κ3) is 5.97. The molecule has 0 saturated heterocycles. The molecule has 6 heteroatoms. The van der Waals surface area contributed by atoms with Gasteiger partial charge in [-0.3, -0.25) is 9.97 Å². The Morgan fingerprint density at radius 1 is 1.41 bits per heavy atom. The molecule has 6 nitrogen and oxygen atoms in total. The van der Waals surface area contributed by atoms with E-state index in [2.05, 4.69) is 15.3 Å². The van der Waals surface area contributed by atoms with E-state index in [9.17, 15) is 4.79 Å². The second-order valence-corrected chi connectivity index (χ2v) is 6.63. The van der Waals surface area contributed by atoms with Crippen molar-refractivity contribution in [3.05, 3.63) is 24.3 Å². The van der Waals surface area contributed by atoms with Gasteiger partial charge in [-0.2, -0.15) is 0 Å². The molecule has 1 aromatic rings. The van der Waals surface area contributed by atoms with Gasteiger partial charge in [-0.15, -0.1) is 0 Å². The lowest BCUT2D eigenvalue weighted by Gasteiger charge is -2.27. The van der Waals surface area contributed by atoms with Crippen LogP contribution in [-0.4, -0.2) is 45.7 Å². The summed E-state index contributed by atoms with van der Waals surface area (Å²) in [5.41, 5.74) is 0.489. The summed E-state index contributed by atoms with van der Waals surface area (Å²) in [5.74, 6) is 0. The van der Waals surface area contributed by atoms with E-state index in [4.69, 9.17) is 4.74 Å². The molecule has 0 spiro atoms. The van der Waals surface area contributed by atoms with Crippen LogP contribution in [0.2, 0.25) is 0 Å². The van der Waals surface area contributed by atoms with Crippen LogP contribution in [-0.2, 0) is 11.3 Å². The van der Waals surface area contributed by atoms with Crippen molar-refractivity contribution in [3.8, 4) is 0 Å². The first kappa shape index (κ1) is 16.7. The number of rotatable bonds is 7. The first-order valence-electron chi connectivity index (χ1n) is 7.91. The van der Waals surface area contributed by atoms with Crippen LogP contribution in [0.1, 0.15) is 45.7 Å². The van der Waals surface area contributed by atoms with Gasteiger partial charge in [-0.25, -0.2) is 4.79 Å². The molecule has 1 aromatic heterocycles. The Morgan fingerprint density at radius 3 is 2.77 bits per heavy atom. The van der Waals surface area contributed by atoms with E-state index in [1.165, 1.54) is 0 Å². The van der Waals surface area contributed by atoms with Crippen molar-refractivity contribution < 1.29 is 9.53 Å². The standard InChI is InChI=1S/C16H26N4O2/c1-16(2,3)22-15(21)20(14-5-6-14)10-4-7-17-11-13-12-18-8-9-19-13/h8-9,12,14,17H,4-7,10-11H2,1-3H3. The molecule has 1 heterocycles.